The Labute approximate surface area is 135 Å². The van der Waals surface area contributed by atoms with E-state index in [1.165, 1.54) is 23.8 Å². The summed E-state index contributed by atoms with van der Waals surface area (Å²) in [5.74, 6) is -1.03. The maximum Gasteiger partial charge on any atom is 0.326 e. The van der Waals surface area contributed by atoms with Gasteiger partial charge in [-0.1, -0.05) is 24.3 Å². The summed E-state index contributed by atoms with van der Waals surface area (Å²) in [7, 11) is 3.97. The van der Waals surface area contributed by atoms with Crippen LogP contribution in [-0.2, 0) is 4.79 Å². The molecular weight excluding hydrogens is 292 g/mol. The second-order valence-electron chi connectivity index (χ2n) is 5.54. The zero-order chi connectivity index (χ0) is 17.0. The first kappa shape index (κ1) is 16.5. The molecule has 0 fully saturated rings. The molecule has 1 aromatic heterocycles. The monoisotopic (exact) mass is 312 g/mol. The molecule has 1 heterocycles. The lowest BCUT2D eigenvalue weighted by atomic mass is 10.1. The van der Waals surface area contributed by atoms with Crippen molar-refractivity contribution >= 4 is 23.8 Å². The van der Waals surface area contributed by atoms with E-state index in [9.17, 15) is 9.59 Å². The maximum absolute atomic E-state index is 12.0. The van der Waals surface area contributed by atoms with Crippen molar-refractivity contribution in [3.63, 3.8) is 0 Å². The van der Waals surface area contributed by atoms with Gasteiger partial charge in [0.05, 0.1) is 0 Å². The minimum absolute atomic E-state index is 0.329. The summed E-state index contributed by atoms with van der Waals surface area (Å²) in [4.78, 5) is 24.9. The van der Waals surface area contributed by atoms with Crippen LogP contribution in [0.4, 0.5) is 5.69 Å². The van der Waals surface area contributed by atoms with Crippen LogP contribution < -0.4 is 10.5 Å². The second kappa shape index (κ2) is 6.96. The first-order valence-electron chi connectivity index (χ1n) is 7.29. The van der Waals surface area contributed by atoms with Gasteiger partial charge in [0.2, 0.25) is 0 Å². The number of carboxylic acids is 1. The number of rotatable bonds is 5. The Kier molecular flexibility index (Phi) is 5.01. The number of carbonyl (C=O) groups is 1. The average Bonchev–Trinajstić information content (AvgIpc) is 2.52. The van der Waals surface area contributed by atoms with Crippen molar-refractivity contribution < 1.29 is 9.90 Å². The summed E-state index contributed by atoms with van der Waals surface area (Å²) in [6.45, 7) is 1.48. The number of pyridine rings is 1. The molecule has 2 aromatic rings. The van der Waals surface area contributed by atoms with Crippen molar-refractivity contribution in [3.8, 4) is 0 Å². The molecule has 0 saturated heterocycles. The fraction of sp³-hybridized carbons (Fsp3) is 0.222. The van der Waals surface area contributed by atoms with Gasteiger partial charge in [-0.05, 0) is 36.2 Å². The van der Waals surface area contributed by atoms with Gasteiger partial charge >= 0.3 is 5.97 Å². The Balaban J connectivity index is 2.18. The van der Waals surface area contributed by atoms with E-state index in [4.69, 9.17) is 5.11 Å². The lowest BCUT2D eigenvalue weighted by Crippen LogP contribution is -2.26. The molecule has 23 heavy (non-hydrogen) atoms. The van der Waals surface area contributed by atoms with Crippen molar-refractivity contribution in [2.45, 2.75) is 13.0 Å². The van der Waals surface area contributed by atoms with E-state index in [-0.39, 0.29) is 5.56 Å². The molecule has 0 amide bonds. The van der Waals surface area contributed by atoms with Crippen LogP contribution in [0.2, 0.25) is 0 Å². The van der Waals surface area contributed by atoms with E-state index in [2.05, 4.69) is 0 Å². The van der Waals surface area contributed by atoms with Gasteiger partial charge in [-0.15, -0.1) is 0 Å². The van der Waals surface area contributed by atoms with E-state index in [1.54, 1.807) is 6.07 Å². The zero-order valence-electron chi connectivity index (χ0n) is 13.4. The number of benzene rings is 1. The smallest absolute Gasteiger partial charge is 0.326 e. The lowest BCUT2D eigenvalue weighted by molar-refractivity contribution is -0.140. The van der Waals surface area contributed by atoms with E-state index in [1.807, 2.05) is 55.4 Å². The van der Waals surface area contributed by atoms with Gasteiger partial charge in [0.1, 0.15) is 6.04 Å². The quantitative estimate of drug-likeness (QED) is 0.922. The average molecular weight is 312 g/mol. The largest absolute Gasteiger partial charge is 0.480 e. The van der Waals surface area contributed by atoms with Crippen LogP contribution in [0.5, 0.6) is 0 Å². The summed E-state index contributed by atoms with van der Waals surface area (Å²) < 4.78 is 1.20. The predicted molar refractivity (Wildman–Crippen MR) is 92.7 cm³/mol. The molecule has 0 radical (unpaired) electrons. The van der Waals surface area contributed by atoms with Gasteiger partial charge < -0.3 is 14.6 Å². The fourth-order valence-electron chi connectivity index (χ4n) is 2.12. The molecule has 2 rings (SSSR count). The Bertz CT molecular complexity index is 774. The number of carboxylic acid groups (broad SMARTS) is 1. The molecule has 0 aliphatic heterocycles. The third-order valence-corrected chi connectivity index (χ3v) is 3.62. The van der Waals surface area contributed by atoms with Gasteiger partial charge in [0.25, 0.3) is 5.56 Å². The van der Waals surface area contributed by atoms with Gasteiger partial charge in [-0.25, -0.2) is 4.79 Å². The molecule has 1 aromatic carbocycles. The van der Waals surface area contributed by atoms with Crippen molar-refractivity contribution in [1.82, 2.24) is 4.57 Å². The highest BCUT2D eigenvalue weighted by Gasteiger charge is 2.13. The van der Waals surface area contributed by atoms with Crippen LogP contribution in [-0.4, -0.2) is 29.7 Å². The number of anilines is 1. The highest BCUT2D eigenvalue weighted by molar-refractivity contribution is 5.72. The number of aliphatic carboxylic acids is 1. The second-order valence-corrected chi connectivity index (χ2v) is 5.54. The highest BCUT2D eigenvalue weighted by atomic mass is 16.4. The standard InChI is InChI=1S/C18H20N2O3/c1-13(18(22)23)20-11-10-15(12-17(20)21)5-4-14-6-8-16(9-7-14)19(2)3/h4-13H,1-3H3,(H,22,23)/b5-4+. The molecule has 0 aliphatic rings. The maximum atomic E-state index is 12.0. The van der Waals surface area contributed by atoms with E-state index >= 15 is 0 Å². The zero-order valence-corrected chi connectivity index (χ0v) is 13.4. The topological polar surface area (TPSA) is 62.5 Å². The van der Waals surface area contributed by atoms with Crippen LogP contribution in [0.25, 0.3) is 12.2 Å². The molecule has 0 aliphatic carbocycles. The summed E-state index contributed by atoms with van der Waals surface area (Å²) >= 11 is 0. The van der Waals surface area contributed by atoms with Crippen LogP contribution >= 0.6 is 0 Å². The van der Waals surface area contributed by atoms with Crippen molar-refractivity contribution in [1.29, 1.82) is 0 Å². The summed E-state index contributed by atoms with van der Waals surface area (Å²) in [6.07, 6.45) is 5.26. The third kappa shape index (κ3) is 4.10. The predicted octanol–water partition coefficient (Wildman–Crippen LogP) is 2.73. The number of hydrogen-bond donors (Lipinski definition) is 1. The summed E-state index contributed by atoms with van der Waals surface area (Å²) in [5, 5.41) is 8.97. The fourth-order valence-corrected chi connectivity index (χ4v) is 2.12. The summed E-state index contributed by atoms with van der Waals surface area (Å²) in [5.41, 5.74) is 2.55. The number of aromatic nitrogens is 1. The molecule has 0 bridgehead atoms. The van der Waals surface area contributed by atoms with Gasteiger partial charge in [-0.2, -0.15) is 0 Å². The normalized spacial score (nSPS) is 12.3. The first-order chi connectivity index (χ1) is 10.9. The Hall–Kier alpha value is -2.82. The van der Waals surface area contributed by atoms with Gasteiger partial charge in [0, 0.05) is 32.0 Å². The minimum Gasteiger partial charge on any atom is -0.480 e. The van der Waals surface area contributed by atoms with Crippen LogP contribution in [0.15, 0.2) is 47.4 Å². The van der Waals surface area contributed by atoms with Crippen LogP contribution in [0.3, 0.4) is 0 Å². The minimum atomic E-state index is -1.03. The Morgan fingerprint density at radius 2 is 1.74 bits per heavy atom. The highest BCUT2D eigenvalue weighted by Crippen LogP contribution is 2.14. The number of hydrogen-bond acceptors (Lipinski definition) is 3. The van der Waals surface area contributed by atoms with Crippen molar-refractivity contribution in [2.75, 3.05) is 19.0 Å². The van der Waals surface area contributed by atoms with E-state index in [0.29, 0.717) is 0 Å². The molecule has 120 valence electrons. The van der Waals surface area contributed by atoms with Crippen molar-refractivity contribution in [2.24, 2.45) is 0 Å². The van der Waals surface area contributed by atoms with Gasteiger partial charge in [0.15, 0.2) is 0 Å². The van der Waals surface area contributed by atoms with Gasteiger partial charge in [-0.3, -0.25) is 4.79 Å². The molecule has 5 heteroatoms. The van der Waals surface area contributed by atoms with E-state index < -0.39 is 12.0 Å². The molecule has 0 spiro atoms. The first-order valence-corrected chi connectivity index (χ1v) is 7.29. The molecule has 1 N–H and O–H groups in total. The van der Waals surface area contributed by atoms with E-state index in [0.717, 1.165) is 16.8 Å². The Morgan fingerprint density at radius 3 is 2.26 bits per heavy atom. The lowest BCUT2D eigenvalue weighted by Gasteiger charge is -2.11. The third-order valence-electron chi connectivity index (χ3n) is 3.62. The molecule has 1 atom stereocenters. The van der Waals surface area contributed by atoms with Crippen molar-refractivity contribution in [3.05, 3.63) is 64.1 Å². The van der Waals surface area contributed by atoms with Crippen LogP contribution in [0.1, 0.15) is 24.1 Å². The molecular formula is C18H20N2O3. The molecule has 0 saturated carbocycles. The molecule has 1 unspecified atom stereocenters. The molecule has 5 nitrogen and oxygen atoms in total. The Morgan fingerprint density at radius 1 is 1.13 bits per heavy atom. The van der Waals surface area contributed by atoms with Crippen LogP contribution in [0, 0.1) is 0 Å². The summed E-state index contributed by atoms with van der Waals surface area (Å²) in [6, 6.07) is 10.3. The SMILES string of the molecule is CC(C(=O)O)n1ccc(/C=C/c2ccc(N(C)C)cc2)cc1=O. The number of nitrogens with zero attached hydrogens (tertiary/aromatic N) is 2.